The lowest BCUT2D eigenvalue weighted by Crippen LogP contribution is -1.86. The van der Waals surface area contributed by atoms with Gasteiger partial charge in [0.1, 0.15) is 0 Å². The zero-order valence-electron chi connectivity index (χ0n) is 4.15. The summed E-state index contributed by atoms with van der Waals surface area (Å²) < 4.78 is 13.7. The van der Waals surface area contributed by atoms with Crippen molar-refractivity contribution in [3.63, 3.8) is 0 Å². The average molecular weight is 138 g/mol. The van der Waals surface area contributed by atoms with E-state index in [1.807, 2.05) is 0 Å². The first-order chi connectivity index (χ1) is 3.56. The molecule has 48 valence electrons. The SMILES string of the molecule is C=CCOP(=O)(O)O. The van der Waals surface area contributed by atoms with Gasteiger partial charge >= 0.3 is 7.82 Å². The predicted molar refractivity (Wildman–Crippen MR) is 28.2 cm³/mol. The van der Waals surface area contributed by atoms with Crippen molar-refractivity contribution in [3.8, 4) is 0 Å². The lowest BCUT2D eigenvalue weighted by atomic mass is 10.7. The standard InChI is InChI=1S/C3H7O4P/c1-2-3-7-8(4,5)6/h2H,1,3H2,(H2,4,5,6). The highest BCUT2D eigenvalue weighted by atomic mass is 31.2. The topological polar surface area (TPSA) is 66.8 Å². The van der Waals surface area contributed by atoms with Gasteiger partial charge in [0.2, 0.25) is 0 Å². The van der Waals surface area contributed by atoms with Crippen molar-refractivity contribution in [3.05, 3.63) is 12.7 Å². The Morgan fingerprint density at radius 3 is 2.38 bits per heavy atom. The van der Waals surface area contributed by atoms with E-state index in [1.165, 1.54) is 6.08 Å². The normalized spacial score (nSPS) is 11.2. The van der Waals surface area contributed by atoms with Crippen molar-refractivity contribution < 1.29 is 18.9 Å². The van der Waals surface area contributed by atoms with E-state index in [1.54, 1.807) is 0 Å². The Bertz CT molecular complexity index is 114. The summed E-state index contributed by atoms with van der Waals surface area (Å²) in [5, 5.41) is 0. The molecule has 0 rings (SSSR count). The molecular weight excluding hydrogens is 131 g/mol. The zero-order chi connectivity index (χ0) is 6.62. The number of rotatable bonds is 3. The number of phosphoric acid groups is 1. The van der Waals surface area contributed by atoms with Crippen LogP contribution in [-0.2, 0) is 9.09 Å². The third kappa shape index (κ3) is 5.85. The van der Waals surface area contributed by atoms with Crippen LogP contribution in [0.4, 0.5) is 0 Å². The lowest BCUT2D eigenvalue weighted by Gasteiger charge is -1.98. The molecule has 0 aliphatic carbocycles. The molecule has 0 aliphatic rings. The number of hydrogen-bond acceptors (Lipinski definition) is 2. The monoisotopic (exact) mass is 138 g/mol. The summed E-state index contributed by atoms with van der Waals surface area (Å²) >= 11 is 0. The minimum Gasteiger partial charge on any atom is -0.303 e. The van der Waals surface area contributed by atoms with Crippen molar-refractivity contribution in [2.75, 3.05) is 6.61 Å². The molecule has 0 aromatic heterocycles. The Morgan fingerprint density at radius 2 is 2.25 bits per heavy atom. The highest BCUT2D eigenvalue weighted by molar-refractivity contribution is 7.46. The maximum Gasteiger partial charge on any atom is 0.469 e. The van der Waals surface area contributed by atoms with Crippen molar-refractivity contribution in [1.82, 2.24) is 0 Å². The van der Waals surface area contributed by atoms with E-state index in [2.05, 4.69) is 11.1 Å². The van der Waals surface area contributed by atoms with Gasteiger partial charge in [0.25, 0.3) is 0 Å². The van der Waals surface area contributed by atoms with Crippen LogP contribution in [0.25, 0.3) is 0 Å². The second-order valence-electron chi connectivity index (χ2n) is 1.08. The summed E-state index contributed by atoms with van der Waals surface area (Å²) in [6.07, 6.45) is 1.26. The van der Waals surface area contributed by atoms with E-state index in [0.717, 1.165) is 0 Å². The van der Waals surface area contributed by atoms with Crippen LogP contribution >= 0.6 is 7.82 Å². The van der Waals surface area contributed by atoms with Crippen LogP contribution in [0.1, 0.15) is 0 Å². The molecule has 5 heteroatoms. The number of hydrogen-bond donors (Lipinski definition) is 2. The summed E-state index contributed by atoms with van der Waals surface area (Å²) in [7, 11) is -4.25. The molecule has 0 spiro atoms. The fourth-order valence-corrected chi connectivity index (χ4v) is 0.449. The maximum absolute atomic E-state index is 9.81. The third-order valence-electron chi connectivity index (χ3n) is 0.361. The summed E-state index contributed by atoms with van der Waals surface area (Å²) in [5.41, 5.74) is 0. The predicted octanol–water partition coefficient (Wildman–Crippen LogP) is 0.282. The molecular formula is C3H7O4P. The first kappa shape index (κ1) is 7.85. The molecule has 0 aromatic rings. The highest BCUT2D eigenvalue weighted by Crippen LogP contribution is 2.35. The van der Waals surface area contributed by atoms with Gasteiger partial charge < -0.3 is 9.79 Å². The largest absolute Gasteiger partial charge is 0.469 e. The minimum atomic E-state index is -4.25. The highest BCUT2D eigenvalue weighted by Gasteiger charge is 2.10. The third-order valence-corrected chi connectivity index (χ3v) is 0.846. The first-order valence-electron chi connectivity index (χ1n) is 1.87. The van der Waals surface area contributed by atoms with E-state index < -0.39 is 7.82 Å². The van der Waals surface area contributed by atoms with Gasteiger partial charge in [-0.2, -0.15) is 0 Å². The Balaban J connectivity index is 3.40. The van der Waals surface area contributed by atoms with Gasteiger partial charge in [-0.05, 0) is 0 Å². The first-order valence-corrected chi connectivity index (χ1v) is 3.40. The molecule has 8 heavy (non-hydrogen) atoms. The summed E-state index contributed by atoms with van der Waals surface area (Å²) in [5.74, 6) is 0. The van der Waals surface area contributed by atoms with Gasteiger partial charge in [-0.15, -0.1) is 6.58 Å². The Hall–Kier alpha value is -0.150. The molecule has 0 atom stereocenters. The molecule has 0 aliphatic heterocycles. The maximum atomic E-state index is 9.81. The van der Waals surface area contributed by atoms with Crippen molar-refractivity contribution in [2.45, 2.75) is 0 Å². The van der Waals surface area contributed by atoms with Crippen LogP contribution < -0.4 is 0 Å². The number of phosphoric ester groups is 1. The minimum absolute atomic E-state index is 0.121. The van der Waals surface area contributed by atoms with E-state index in [-0.39, 0.29) is 6.61 Å². The molecule has 0 saturated heterocycles. The fraction of sp³-hybridized carbons (Fsp3) is 0.333. The molecule has 0 heterocycles. The van der Waals surface area contributed by atoms with Crippen molar-refractivity contribution in [1.29, 1.82) is 0 Å². The van der Waals surface area contributed by atoms with Crippen molar-refractivity contribution >= 4 is 7.82 Å². The molecule has 0 radical (unpaired) electrons. The molecule has 0 bridgehead atoms. The zero-order valence-corrected chi connectivity index (χ0v) is 5.04. The van der Waals surface area contributed by atoms with Crippen LogP contribution in [0.15, 0.2) is 12.7 Å². The van der Waals surface area contributed by atoms with Gasteiger partial charge in [-0.25, -0.2) is 4.57 Å². The molecule has 0 aromatic carbocycles. The summed E-state index contributed by atoms with van der Waals surface area (Å²) in [6, 6.07) is 0. The van der Waals surface area contributed by atoms with Gasteiger partial charge in [-0.1, -0.05) is 6.08 Å². The van der Waals surface area contributed by atoms with Crippen LogP contribution in [0, 0.1) is 0 Å². The summed E-state index contributed by atoms with van der Waals surface area (Å²) in [4.78, 5) is 16.0. The van der Waals surface area contributed by atoms with Crippen LogP contribution in [0.2, 0.25) is 0 Å². The Kier molecular flexibility index (Phi) is 2.94. The molecule has 0 unspecified atom stereocenters. The molecule has 0 amide bonds. The van der Waals surface area contributed by atoms with Gasteiger partial charge in [0, 0.05) is 0 Å². The van der Waals surface area contributed by atoms with E-state index >= 15 is 0 Å². The molecule has 0 saturated carbocycles. The Morgan fingerprint density at radius 1 is 1.75 bits per heavy atom. The van der Waals surface area contributed by atoms with E-state index in [9.17, 15) is 4.57 Å². The van der Waals surface area contributed by atoms with Gasteiger partial charge in [0.05, 0.1) is 6.61 Å². The van der Waals surface area contributed by atoms with Crippen LogP contribution in [0.5, 0.6) is 0 Å². The molecule has 2 N–H and O–H groups in total. The smallest absolute Gasteiger partial charge is 0.303 e. The lowest BCUT2D eigenvalue weighted by molar-refractivity contribution is 0.216. The van der Waals surface area contributed by atoms with Crippen molar-refractivity contribution in [2.24, 2.45) is 0 Å². The summed E-state index contributed by atoms with van der Waals surface area (Å²) in [6.45, 7) is 3.07. The van der Waals surface area contributed by atoms with Crippen LogP contribution in [0.3, 0.4) is 0 Å². The molecule has 4 nitrogen and oxygen atoms in total. The molecule has 0 fully saturated rings. The fourth-order valence-electron chi connectivity index (χ4n) is 0.150. The second-order valence-corrected chi connectivity index (χ2v) is 2.31. The Labute approximate surface area is 47.0 Å². The second kappa shape index (κ2) is 2.99. The van der Waals surface area contributed by atoms with E-state index in [0.29, 0.717) is 0 Å². The van der Waals surface area contributed by atoms with E-state index in [4.69, 9.17) is 9.79 Å². The van der Waals surface area contributed by atoms with Crippen LogP contribution in [-0.4, -0.2) is 16.4 Å². The average Bonchev–Trinajstić information content (AvgIpc) is 1.59. The van der Waals surface area contributed by atoms with Gasteiger partial charge in [-0.3, -0.25) is 4.52 Å². The van der Waals surface area contributed by atoms with Gasteiger partial charge in [0.15, 0.2) is 0 Å². The quantitative estimate of drug-likeness (QED) is 0.434.